The van der Waals surface area contributed by atoms with Gasteiger partial charge in [-0.1, -0.05) is 48.0 Å². The monoisotopic (exact) mass is 436 g/mol. The second kappa shape index (κ2) is 10.3. The average Bonchev–Trinajstić information content (AvgIpc) is 2.72. The van der Waals surface area contributed by atoms with Crippen LogP contribution >= 0.6 is 0 Å². The second-order valence-corrected chi connectivity index (χ2v) is 9.19. The van der Waals surface area contributed by atoms with E-state index in [1.165, 1.54) is 11.8 Å². The van der Waals surface area contributed by atoms with Crippen LogP contribution in [-0.2, 0) is 16.4 Å². The number of benzene rings is 3. The first-order chi connectivity index (χ1) is 14.8. The Morgan fingerprint density at radius 1 is 0.935 bits per heavy atom. The molecule has 3 rings (SSSR count). The van der Waals surface area contributed by atoms with Crippen molar-refractivity contribution >= 4 is 16.2 Å². The topological polar surface area (TPSA) is 67.8 Å². The molecule has 5 nitrogen and oxygen atoms in total. The summed E-state index contributed by atoms with van der Waals surface area (Å²) in [4.78, 5) is 2.58. The molecule has 0 heterocycles. The fourth-order valence-corrected chi connectivity index (χ4v) is 4.82. The van der Waals surface area contributed by atoms with Gasteiger partial charge in [-0.25, -0.2) is 4.83 Å². The lowest BCUT2D eigenvalue weighted by atomic mass is 10.1. The Labute approximate surface area is 184 Å². The smallest absolute Gasteiger partial charge is 0.277 e. The van der Waals surface area contributed by atoms with Crippen LogP contribution in [0.3, 0.4) is 0 Å². The molecule has 0 aliphatic rings. The van der Waals surface area contributed by atoms with Crippen molar-refractivity contribution in [3.8, 4) is 5.75 Å². The molecule has 0 radical (unpaired) electrons. The largest absolute Gasteiger partial charge is 0.494 e. The van der Waals surface area contributed by atoms with Gasteiger partial charge in [-0.15, -0.1) is 0 Å². The molecule has 0 saturated carbocycles. The van der Waals surface area contributed by atoms with Crippen molar-refractivity contribution in [2.75, 3.05) is 6.61 Å². The van der Waals surface area contributed by atoms with Crippen LogP contribution in [0, 0.1) is 20.8 Å². The Balaban J connectivity index is 1.52. The van der Waals surface area contributed by atoms with Crippen LogP contribution in [0.1, 0.15) is 34.2 Å². The first kappa shape index (κ1) is 22.6. The van der Waals surface area contributed by atoms with Gasteiger partial charge in [0.2, 0.25) is 0 Å². The number of sulfonamides is 1. The molecule has 6 heteroatoms. The van der Waals surface area contributed by atoms with E-state index in [2.05, 4.69) is 22.1 Å². The van der Waals surface area contributed by atoms with E-state index in [0.29, 0.717) is 17.7 Å². The molecule has 0 saturated heterocycles. The highest BCUT2D eigenvalue weighted by molar-refractivity contribution is 7.89. The molecule has 0 amide bonds. The number of nitrogens with one attached hydrogen (secondary N) is 1. The summed E-state index contributed by atoms with van der Waals surface area (Å²) in [7, 11) is -3.73. The molecular weight excluding hydrogens is 408 g/mol. The molecular formula is C25H28N2O3S. The summed E-state index contributed by atoms with van der Waals surface area (Å²) >= 11 is 0. The molecule has 31 heavy (non-hydrogen) atoms. The molecule has 0 aliphatic carbocycles. The van der Waals surface area contributed by atoms with Gasteiger partial charge >= 0.3 is 0 Å². The lowest BCUT2D eigenvalue weighted by Crippen LogP contribution is -2.20. The standard InChI is InChI=1S/C25H28N2O3S/c1-19-16-20(2)25(21(3)17-19)31(28,29)27-26-18-23-11-13-24(14-12-23)30-15-7-10-22-8-5-4-6-9-22/h4-6,8-9,11-14,16-18,27H,7,10,15H2,1-3H3/b26-18+. The molecule has 1 N–H and O–H groups in total. The van der Waals surface area contributed by atoms with Crippen LogP contribution in [-0.4, -0.2) is 21.2 Å². The summed E-state index contributed by atoms with van der Waals surface area (Å²) in [6.07, 6.45) is 3.40. The van der Waals surface area contributed by atoms with E-state index < -0.39 is 10.0 Å². The number of hydrogen-bond acceptors (Lipinski definition) is 4. The van der Waals surface area contributed by atoms with E-state index in [1.807, 2.05) is 61.5 Å². The van der Waals surface area contributed by atoms with E-state index in [-0.39, 0.29) is 4.90 Å². The average molecular weight is 437 g/mol. The summed E-state index contributed by atoms with van der Waals surface area (Å²) in [5.41, 5.74) is 4.51. The maximum atomic E-state index is 12.6. The third-order valence-electron chi connectivity index (χ3n) is 4.86. The quantitative estimate of drug-likeness (QED) is 0.294. The Kier molecular flexibility index (Phi) is 7.47. The zero-order valence-electron chi connectivity index (χ0n) is 18.1. The van der Waals surface area contributed by atoms with Gasteiger partial charge in [-0.2, -0.15) is 13.5 Å². The van der Waals surface area contributed by atoms with Crippen molar-refractivity contribution in [2.45, 2.75) is 38.5 Å². The Bertz CT molecular complexity index is 1120. The molecule has 0 fully saturated rings. The minimum absolute atomic E-state index is 0.273. The molecule has 0 atom stereocenters. The number of hydrogen-bond donors (Lipinski definition) is 1. The minimum atomic E-state index is -3.73. The first-order valence-corrected chi connectivity index (χ1v) is 11.7. The molecule has 3 aromatic rings. The van der Waals surface area contributed by atoms with Crippen LogP contribution in [0.25, 0.3) is 0 Å². The van der Waals surface area contributed by atoms with Gasteiger partial charge in [0, 0.05) is 0 Å². The molecule has 0 unspecified atom stereocenters. The summed E-state index contributed by atoms with van der Waals surface area (Å²) in [6.45, 7) is 6.16. The zero-order chi connectivity index (χ0) is 22.3. The zero-order valence-corrected chi connectivity index (χ0v) is 18.9. The molecule has 0 spiro atoms. The van der Waals surface area contributed by atoms with Crippen LogP contribution in [0.5, 0.6) is 5.75 Å². The Morgan fingerprint density at radius 2 is 1.58 bits per heavy atom. The highest BCUT2D eigenvalue weighted by Gasteiger charge is 2.19. The van der Waals surface area contributed by atoms with E-state index in [0.717, 1.165) is 29.7 Å². The fraction of sp³-hybridized carbons (Fsp3) is 0.240. The Morgan fingerprint density at radius 3 is 2.23 bits per heavy atom. The second-order valence-electron chi connectivity index (χ2n) is 7.59. The van der Waals surface area contributed by atoms with Crippen molar-refractivity contribution in [2.24, 2.45) is 5.10 Å². The maximum absolute atomic E-state index is 12.6. The molecule has 3 aromatic carbocycles. The third kappa shape index (κ3) is 6.43. The van der Waals surface area contributed by atoms with Gasteiger partial charge in [0.25, 0.3) is 10.0 Å². The van der Waals surface area contributed by atoms with Crippen LogP contribution in [0.2, 0.25) is 0 Å². The highest BCUT2D eigenvalue weighted by atomic mass is 32.2. The van der Waals surface area contributed by atoms with Gasteiger partial charge in [-0.05, 0) is 80.1 Å². The third-order valence-corrected chi connectivity index (χ3v) is 6.39. The van der Waals surface area contributed by atoms with E-state index in [9.17, 15) is 8.42 Å². The van der Waals surface area contributed by atoms with Crippen molar-refractivity contribution < 1.29 is 13.2 Å². The number of rotatable bonds is 9. The normalized spacial score (nSPS) is 11.6. The van der Waals surface area contributed by atoms with E-state index >= 15 is 0 Å². The summed E-state index contributed by atoms with van der Waals surface area (Å²) in [6, 6.07) is 21.4. The number of hydrazone groups is 1. The van der Waals surface area contributed by atoms with Gasteiger partial charge < -0.3 is 4.74 Å². The minimum Gasteiger partial charge on any atom is -0.494 e. The molecule has 0 aromatic heterocycles. The van der Waals surface area contributed by atoms with Crippen molar-refractivity contribution in [1.82, 2.24) is 4.83 Å². The summed E-state index contributed by atoms with van der Waals surface area (Å²) in [5.74, 6) is 0.775. The number of nitrogens with zero attached hydrogens (tertiary/aromatic N) is 1. The van der Waals surface area contributed by atoms with Crippen molar-refractivity contribution in [3.63, 3.8) is 0 Å². The fourth-order valence-electron chi connectivity index (χ4n) is 3.57. The lowest BCUT2D eigenvalue weighted by molar-refractivity contribution is 0.311. The van der Waals surface area contributed by atoms with E-state index in [1.54, 1.807) is 13.8 Å². The van der Waals surface area contributed by atoms with Gasteiger partial charge in [-0.3, -0.25) is 0 Å². The molecule has 0 bridgehead atoms. The summed E-state index contributed by atoms with van der Waals surface area (Å²) in [5, 5.41) is 3.93. The molecule has 0 aliphatic heterocycles. The molecule has 162 valence electrons. The summed E-state index contributed by atoms with van der Waals surface area (Å²) < 4.78 is 31.0. The maximum Gasteiger partial charge on any atom is 0.277 e. The van der Waals surface area contributed by atoms with Crippen molar-refractivity contribution in [1.29, 1.82) is 0 Å². The Hall–Kier alpha value is -3.12. The van der Waals surface area contributed by atoms with Crippen LogP contribution < -0.4 is 9.57 Å². The van der Waals surface area contributed by atoms with Crippen LogP contribution in [0.15, 0.2) is 76.7 Å². The first-order valence-electron chi connectivity index (χ1n) is 10.2. The number of ether oxygens (including phenoxy) is 1. The highest BCUT2D eigenvalue weighted by Crippen LogP contribution is 2.21. The van der Waals surface area contributed by atoms with Crippen LogP contribution in [0.4, 0.5) is 0 Å². The lowest BCUT2D eigenvalue weighted by Gasteiger charge is -2.11. The van der Waals surface area contributed by atoms with Gasteiger partial charge in [0.15, 0.2) is 0 Å². The van der Waals surface area contributed by atoms with Crippen molar-refractivity contribution in [3.05, 3.63) is 94.5 Å². The number of aryl methyl sites for hydroxylation is 4. The predicted octanol–water partition coefficient (Wildman–Crippen LogP) is 4.94. The van der Waals surface area contributed by atoms with Gasteiger partial charge in [0.1, 0.15) is 5.75 Å². The van der Waals surface area contributed by atoms with E-state index in [4.69, 9.17) is 4.74 Å². The van der Waals surface area contributed by atoms with Gasteiger partial charge in [0.05, 0.1) is 17.7 Å². The SMILES string of the molecule is Cc1cc(C)c(S(=O)(=O)N/N=C/c2ccc(OCCCc3ccccc3)cc2)c(C)c1. The predicted molar refractivity (Wildman–Crippen MR) is 125 cm³/mol.